The standard InChI is InChI=1S/C14H10Br2ClFO2/c15-10-2-1-3-11(16)14(10)20-13(7-19)9-5-4-8(17)6-12(9)18/h1-6,13,19H,7H2/i13D. The van der Waals surface area contributed by atoms with Crippen LogP contribution in [-0.4, -0.2) is 11.7 Å². The van der Waals surface area contributed by atoms with E-state index in [4.69, 9.17) is 17.7 Å². The Morgan fingerprint density at radius 1 is 1.30 bits per heavy atom. The smallest absolute Gasteiger partial charge is 0.150 e. The van der Waals surface area contributed by atoms with Gasteiger partial charge in [-0.2, -0.15) is 0 Å². The zero-order valence-electron chi connectivity index (χ0n) is 11.0. The highest BCUT2D eigenvalue weighted by Crippen LogP contribution is 2.36. The van der Waals surface area contributed by atoms with Crippen molar-refractivity contribution in [2.75, 3.05) is 6.61 Å². The van der Waals surface area contributed by atoms with Crippen molar-refractivity contribution >= 4 is 43.5 Å². The summed E-state index contributed by atoms with van der Waals surface area (Å²) in [6, 6.07) is 9.05. The van der Waals surface area contributed by atoms with Crippen molar-refractivity contribution in [3.8, 4) is 5.75 Å². The molecule has 106 valence electrons. The summed E-state index contributed by atoms with van der Waals surface area (Å²) in [5.41, 5.74) is -0.1000. The maximum atomic E-state index is 14.0. The van der Waals surface area contributed by atoms with Gasteiger partial charge in [0, 0.05) is 10.6 Å². The van der Waals surface area contributed by atoms with E-state index in [1.165, 1.54) is 12.1 Å². The zero-order chi connectivity index (χ0) is 15.6. The average molecular weight is 425 g/mol. The Morgan fingerprint density at radius 2 is 1.95 bits per heavy atom. The molecule has 0 fully saturated rings. The van der Waals surface area contributed by atoms with E-state index < -0.39 is 18.5 Å². The first-order valence-electron chi connectivity index (χ1n) is 6.07. The Kier molecular flexibility index (Phi) is 4.94. The van der Waals surface area contributed by atoms with Crippen LogP contribution >= 0.6 is 43.5 Å². The molecule has 2 aromatic rings. The minimum absolute atomic E-state index is 0.1000. The maximum Gasteiger partial charge on any atom is 0.150 e. The minimum Gasteiger partial charge on any atom is -0.481 e. The molecule has 2 nitrogen and oxygen atoms in total. The summed E-state index contributed by atoms with van der Waals surface area (Å²) < 4.78 is 29.0. The Balaban J connectivity index is 2.46. The van der Waals surface area contributed by atoms with Gasteiger partial charge in [0.25, 0.3) is 0 Å². The Labute approximate surface area is 139 Å². The van der Waals surface area contributed by atoms with Gasteiger partial charge in [-0.1, -0.05) is 23.7 Å². The summed E-state index contributed by atoms with van der Waals surface area (Å²) in [4.78, 5) is 0. The molecule has 0 aliphatic rings. The average Bonchev–Trinajstić information content (AvgIpc) is 2.43. The number of para-hydroxylation sites is 1. The van der Waals surface area contributed by atoms with Crippen LogP contribution in [0.1, 0.15) is 13.0 Å². The number of hydrogen-bond acceptors (Lipinski definition) is 2. The number of halogens is 4. The SMILES string of the molecule is [2H]C(CO)(Oc1c(Br)cccc1Br)c1ccc(Cl)cc1F. The van der Waals surface area contributed by atoms with Crippen LogP contribution in [0.15, 0.2) is 45.3 Å². The highest BCUT2D eigenvalue weighted by Gasteiger charge is 2.19. The summed E-state index contributed by atoms with van der Waals surface area (Å²) in [5, 5.41) is 9.74. The predicted octanol–water partition coefficient (Wildman–Crippen LogP) is 5.12. The van der Waals surface area contributed by atoms with Crippen molar-refractivity contribution in [1.29, 1.82) is 0 Å². The number of ether oxygens (including phenoxy) is 1. The highest BCUT2D eigenvalue weighted by atomic mass is 79.9. The molecule has 1 unspecified atom stereocenters. The third-order valence-corrected chi connectivity index (χ3v) is 4.00. The van der Waals surface area contributed by atoms with E-state index >= 15 is 0 Å². The molecule has 0 bridgehead atoms. The van der Waals surface area contributed by atoms with Crippen molar-refractivity contribution < 1.29 is 15.6 Å². The Hall–Kier alpha value is -0.620. The number of rotatable bonds is 4. The first kappa shape index (κ1) is 14.3. The molecule has 0 saturated carbocycles. The molecule has 0 aromatic heterocycles. The molecule has 0 spiro atoms. The molecular formula is C14H10Br2ClFO2. The first-order valence-corrected chi connectivity index (χ1v) is 7.53. The molecule has 0 aliphatic carbocycles. The van der Waals surface area contributed by atoms with Gasteiger partial charge in [-0.05, 0) is 56.1 Å². The van der Waals surface area contributed by atoms with Crippen molar-refractivity contribution in [1.82, 2.24) is 0 Å². The molecule has 6 heteroatoms. The fourth-order valence-corrected chi connectivity index (χ4v) is 2.91. The number of aliphatic hydroxyl groups excluding tert-OH is 1. The third-order valence-electron chi connectivity index (χ3n) is 2.52. The fourth-order valence-electron chi connectivity index (χ4n) is 1.59. The molecule has 0 aliphatic heterocycles. The van der Waals surface area contributed by atoms with E-state index in [-0.39, 0.29) is 10.6 Å². The lowest BCUT2D eigenvalue weighted by Gasteiger charge is -2.20. The van der Waals surface area contributed by atoms with Gasteiger partial charge in [-0.3, -0.25) is 0 Å². The van der Waals surface area contributed by atoms with Crippen LogP contribution in [0.4, 0.5) is 4.39 Å². The van der Waals surface area contributed by atoms with E-state index in [1.807, 2.05) is 0 Å². The van der Waals surface area contributed by atoms with E-state index in [1.54, 1.807) is 18.2 Å². The third kappa shape index (κ3) is 3.52. The van der Waals surface area contributed by atoms with Gasteiger partial charge in [-0.15, -0.1) is 0 Å². The van der Waals surface area contributed by atoms with E-state index in [2.05, 4.69) is 31.9 Å². The van der Waals surface area contributed by atoms with Crippen LogP contribution in [0.5, 0.6) is 5.75 Å². The van der Waals surface area contributed by atoms with Crippen molar-refractivity contribution in [3.63, 3.8) is 0 Å². The predicted molar refractivity (Wildman–Crippen MR) is 83.7 cm³/mol. The second-order valence-electron chi connectivity index (χ2n) is 3.86. The van der Waals surface area contributed by atoms with Crippen LogP contribution in [0.25, 0.3) is 0 Å². The summed E-state index contributed by atoms with van der Waals surface area (Å²) >= 11 is 12.3. The van der Waals surface area contributed by atoms with Crippen molar-refractivity contribution in [2.24, 2.45) is 0 Å². The molecular weight excluding hydrogens is 414 g/mol. The van der Waals surface area contributed by atoms with Crippen LogP contribution in [0, 0.1) is 5.82 Å². The normalized spacial score (nSPS) is 14.6. The molecule has 0 heterocycles. The molecule has 0 amide bonds. The lowest BCUT2D eigenvalue weighted by molar-refractivity contribution is 0.112. The molecule has 1 N–H and O–H groups in total. The van der Waals surface area contributed by atoms with E-state index in [0.29, 0.717) is 14.7 Å². The quantitative estimate of drug-likeness (QED) is 0.737. The van der Waals surface area contributed by atoms with Gasteiger partial charge in [0.05, 0.1) is 16.9 Å². The van der Waals surface area contributed by atoms with Gasteiger partial charge >= 0.3 is 0 Å². The largest absolute Gasteiger partial charge is 0.481 e. The lowest BCUT2D eigenvalue weighted by Crippen LogP contribution is -2.14. The lowest BCUT2D eigenvalue weighted by atomic mass is 10.1. The second-order valence-corrected chi connectivity index (χ2v) is 6.00. The minimum atomic E-state index is -1.99. The molecule has 2 rings (SSSR count). The fraction of sp³-hybridized carbons (Fsp3) is 0.143. The van der Waals surface area contributed by atoms with E-state index in [0.717, 1.165) is 6.07 Å². The second kappa shape index (κ2) is 6.89. The van der Waals surface area contributed by atoms with Crippen LogP contribution < -0.4 is 4.74 Å². The van der Waals surface area contributed by atoms with Crippen molar-refractivity contribution in [2.45, 2.75) is 6.08 Å². The summed E-state index contributed by atoms with van der Waals surface area (Å²) in [6.45, 7) is -0.723. The van der Waals surface area contributed by atoms with E-state index in [9.17, 15) is 9.50 Å². The number of benzene rings is 2. The molecule has 0 radical (unpaired) electrons. The van der Waals surface area contributed by atoms with Gasteiger partial charge in [0.1, 0.15) is 17.6 Å². The van der Waals surface area contributed by atoms with Gasteiger partial charge in [-0.25, -0.2) is 4.39 Å². The molecule has 2 aromatic carbocycles. The van der Waals surface area contributed by atoms with Crippen molar-refractivity contribution in [3.05, 3.63) is 61.7 Å². The molecule has 0 saturated heterocycles. The van der Waals surface area contributed by atoms with Crippen LogP contribution in [-0.2, 0) is 0 Å². The summed E-state index contributed by atoms with van der Waals surface area (Å²) in [5.74, 6) is -0.411. The first-order chi connectivity index (χ1) is 9.87. The van der Waals surface area contributed by atoms with Gasteiger partial charge in [0.2, 0.25) is 0 Å². The highest BCUT2D eigenvalue weighted by molar-refractivity contribution is 9.11. The summed E-state index contributed by atoms with van der Waals surface area (Å²) in [6.07, 6.45) is -1.99. The van der Waals surface area contributed by atoms with Crippen LogP contribution in [0.3, 0.4) is 0 Å². The summed E-state index contributed by atoms with van der Waals surface area (Å²) in [7, 11) is 0. The Morgan fingerprint density at radius 3 is 2.50 bits per heavy atom. The molecule has 20 heavy (non-hydrogen) atoms. The monoisotopic (exact) mass is 423 g/mol. The molecule has 1 atom stereocenters. The van der Waals surface area contributed by atoms with Gasteiger partial charge < -0.3 is 9.84 Å². The number of aliphatic hydroxyl groups is 1. The van der Waals surface area contributed by atoms with Crippen LogP contribution in [0.2, 0.25) is 5.02 Å². The Bertz CT molecular complexity index is 651. The topological polar surface area (TPSA) is 29.5 Å². The zero-order valence-corrected chi connectivity index (χ0v) is 14.0. The number of hydrogen-bond donors (Lipinski definition) is 1. The maximum absolute atomic E-state index is 14.0. The van der Waals surface area contributed by atoms with Gasteiger partial charge in [0.15, 0.2) is 0 Å².